The minimum absolute atomic E-state index is 0.140. The van der Waals surface area contributed by atoms with E-state index in [9.17, 15) is 0 Å². The lowest BCUT2D eigenvalue weighted by Gasteiger charge is -2.30. The Balaban J connectivity index is 1.78. The molecule has 2 aromatic heterocycles. The maximum Gasteiger partial charge on any atom is 0.243 e. The molecule has 3 heterocycles. The quantitative estimate of drug-likeness (QED) is 0.778. The summed E-state index contributed by atoms with van der Waals surface area (Å²) < 4.78 is 7.40. The van der Waals surface area contributed by atoms with Gasteiger partial charge in [0.2, 0.25) is 5.89 Å². The van der Waals surface area contributed by atoms with Gasteiger partial charge in [-0.05, 0) is 13.8 Å². The van der Waals surface area contributed by atoms with E-state index in [2.05, 4.69) is 31.5 Å². The standard InChI is InChI=1S/C11H15N5O/c1-8(11-13-9(2)14-17-11)16-6-5-15-4-3-12-10(15)7-16/h3-4,8H,5-7H2,1-2H3/t8-/m1/s1. The van der Waals surface area contributed by atoms with Crippen molar-refractivity contribution in [1.29, 1.82) is 0 Å². The van der Waals surface area contributed by atoms with Crippen molar-refractivity contribution in [2.45, 2.75) is 33.0 Å². The summed E-state index contributed by atoms with van der Waals surface area (Å²) in [7, 11) is 0. The predicted molar refractivity (Wildman–Crippen MR) is 60.1 cm³/mol. The van der Waals surface area contributed by atoms with Gasteiger partial charge in [0, 0.05) is 25.5 Å². The molecule has 90 valence electrons. The Labute approximate surface area is 99.3 Å². The SMILES string of the molecule is Cc1noc([C@@H](C)N2CCn3ccnc3C2)n1. The molecule has 1 aliphatic rings. The predicted octanol–water partition coefficient (Wildman–Crippen LogP) is 1.15. The highest BCUT2D eigenvalue weighted by Crippen LogP contribution is 2.22. The molecule has 0 bridgehead atoms. The van der Waals surface area contributed by atoms with Crippen molar-refractivity contribution in [3.05, 3.63) is 29.9 Å². The van der Waals surface area contributed by atoms with Crippen LogP contribution in [0, 0.1) is 6.92 Å². The van der Waals surface area contributed by atoms with Crippen LogP contribution in [0.15, 0.2) is 16.9 Å². The molecule has 1 aliphatic heterocycles. The van der Waals surface area contributed by atoms with Gasteiger partial charge in [-0.1, -0.05) is 5.16 Å². The molecule has 3 rings (SSSR count). The first-order chi connectivity index (χ1) is 8.24. The summed E-state index contributed by atoms with van der Waals surface area (Å²) in [6.45, 7) is 6.70. The molecule has 0 N–H and O–H groups in total. The van der Waals surface area contributed by atoms with Gasteiger partial charge in [-0.15, -0.1) is 0 Å². The largest absolute Gasteiger partial charge is 0.338 e. The van der Waals surface area contributed by atoms with Crippen LogP contribution >= 0.6 is 0 Å². The van der Waals surface area contributed by atoms with Crippen LogP contribution in [0.25, 0.3) is 0 Å². The van der Waals surface area contributed by atoms with Gasteiger partial charge in [0.15, 0.2) is 5.82 Å². The molecule has 0 saturated carbocycles. The fourth-order valence-electron chi connectivity index (χ4n) is 2.16. The lowest BCUT2D eigenvalue weighted by Crippen LogP contribution is -2.35. The van der Waals surface area contributed by atoms with E-state index in [0.717, 1.165) is 25.5 Å². The molecule has 1 atom stereocenters. The van der Waals surface area contributed by atoms with Crippen LogP contribution in [0.5, 0.6) is 0 Å². The molecule has 0 fully saturated rings. The summed E-state index contributed by atoms with van der Waals surface area (Å²) in [5.41, 5.74) is 0. The Hall–Kier alpha value is -1.69. The molecule has 2 aromatic rings. The van der Waals surface area contributed by atoms with Crippen LogP contribution in [-0.2, 0) is 13.1 Å². The number of rotatable bonds is 2. The summed E-state index contributed by atoms with van der Waals surface area (Å²) in [6.07, 6.45) is 3.87. The van der Waals surface area contributed by atoms with Crippen LogP contribution in [0.4, 0.5) is 0 Å². The lowest BCUT2D eigenvalue weighted by molar-refractivity contribution is 0.136. The van der Waals surface area contributed by atoms with Crippen LogP contribution in [0.3, 0.4) is 0 Å². The van der Waals surface area contributed by atoms with Crippen molar-refractivity contribution in [1.82, 2.24) is 24.6 Å². The Kier molecular flexibility index (Phi) is 2.44. The van der Waals surface area contributed by atoms with Gasteiger partial charge >= 0.3 is 0 Å². The Morgan fingerprint density at radius 1 is 1.41 bits per heavy atom. The topological polar surface area (TPSA) is 60.0 Å². The third-order valence-electron chi connectivity index (χ3n) is 3.22. The zero-order chi connectivity index (χ0) is 11.8. The number of aromatic nitrogens is 4. The molecule has 6 nitrogen and oxygen atoms in total. The summed E-state index contributed by atoms with van der Waals surface area (Å²) >= 11 is 0. The number of nitrogens with zero attached hydrogens (tertiary/aromatic N) is 5. The van der Waals surface area contributed by atoms with Crippen molar-refractivity contribution < 1.29 is 4.52 Å². The molecular formula is C11H15N5O. The number of hydrogen-bond donors (Lipinski definition) is 0. The van der Waals surface area contributed by atoms with E-state index in [-0.39, 0.29) is 6.04 Å². The number of hydrogen-bond acceptors (Lipinski definition) is 5. The zero-order valence-corrected chi connectivity index (χ0v) is 10.00. The molecule has 0 amide bonds. The van der Waals surface area contributed by atoms with Gasteiger partial charge in [-0.3, -0.25) is 4.90 Å². The average Bonchev–Trinajstić information content (AvgIpc) is 2.95. The summed E-state index contributed by atoms with van der Waals surface area (Å²) in [6, 6.07) is 0.140. The molecule has 0 radical (unpaired) electrons. The van der Waals surface area contributed by atoms with E-state index in [4.69, 9.17) is 4.52 Å². The van der Waals surface area contributed by atoms with Crippen molar-refractivity contribution in [2.24, 2.45) is 0 Å². The molecule has 17 heavy (non-hydrogen) atoms. The van der Waals surface area contributed by atoms with E-state index in [0.29, 0.717) is 11.7 Å². The first kappa shape index (κ1) is 10.5. The Morgan fingerprint density at radius 3 is 3.06 bits per heavy atom. The van der Waals surface area contributed by atoms with E-state index >= 15 is 0 Å². The number of imidazole rings is 1. The fraction of sp³-hybridized carbons (Fsp3) is 0.545. The maximum absolute atomic E-state index is 5.22. The monoisotopic (exact) mass is 233 g/mol. The second-order valence-corrected chi connectivity index (χ2v) is 4.36. The lowest BCUT2D eigenvalue weighted by atomic mass is 10.2. The second kappa shape index (κ2) is 3.96. The highest BCUT2D eigenvalue weighted by Gasteiger charge is 2.25. The summed E-state index contributed by atoms with van der Waals surface area (Å²) in [5.74, 6) is 2.47. The van der Waals surface area contributed by atoms with Gasteiger partial charge in [-0.2, -0.15) is 4.98 Å². The first-order valence-electron chi connectivity index (χ1n) is 5.78. The van der Waals surface area contributed by atoms with Gasteiger partial charge in [0.1, 0.15) is 5.82 Å². The van der Waals surface area contributed by atoms with Crippen LogP contribution in [-0.4, -0.2) is 31.1 Å². The first-order valence-corrected chi connectivity index (χ1v) is 5.78. The molecular weight excluding hydrogens is 218 g/mol. The molecule has 6 heteroatoms. The third kappa shape index (κ3) is 1.84. The van der Waals surface area contributed by atoms with Crippen molar-refractivity contribution in [2.75, 3.05) is 6.54 Å². The minimum atomic E-state index is 0.140. The van der Waals surface area contributed by atoms with Crippen LogP contribution in [0.2, 0.25) is 0 Å². The Morgan fingerprint density at radius 2 is 2.29 bits per heavy atom. The Bertz CT molecular complexity index is 517. The van der Waals surface area contributed by atoms with E-state index in [1.165, 1.54) is 0 Å². The van der Waals surface area contributed by atoms with Gasteiger partial charge in [-0.25, -0.2) is 4.98 Å². The number of aryl methyl sites for hydroxylation is 1. The van der Waals surface area contributed by atoms with Crippen molar-refractivity contribution in [3.8, 4) is 0 Å². The highest BCUT2D eigenvalue weighted by atomic mass is 16.5. The molecule has 0 unspecified atom stereocenters. The normalized spacial score (nSPS) is 18.0. The molecule has 0 aromatic carbocycles. The maximum atomic E-state index is 5.22. The second-order valence-electron chi connectivity index (χ2n) is 4.36. The van der Waals surface area contributed by atoms with Gasteiger partial charge in [0.05, 0.1) is 12.6 Å². The third-order valence-corrected chi connectivity index (χ3v) is 3.22. The van der Waals surface area contributed by atoms with Crippen molar-refractivity contribution >= 4 is 0 Å². The van der Waals surface area contributed by atoms with Crippen LogP contribution < -0.4 is 0 Å². The molecule has 0 saturated heterocycles. The fourth-order valence-corrected chi connectivity index (χ4v) is 2.16. The van der Waals surface area contributed by atoms with E-state index < -0.39 is 0 Å². The highest BCUT2D eigenvalue weighted by molar-refractivity contribution is 4.99. The van der Waals surface area contributed by atoms with E-state index in [1.54, 1.807) is 0 Å². The zero-order valence-electron chi connectivity index (χ0n) is 10.00. The van der Waals surface area contributed by atoms with E-state index in [1.807, 2.05) is 19.3 Å². The van der Waals surface area contributed by atoms with Crippen LogP contribution in [0.1, 0.15) is 30.5 Å². The smallest absolute Gasteiger partial charge is 0.243 e. The number of fused-ring (bicyclic) bond motifs is 1. The summed E-state index contributed by atoms with van der Waals surface area (Å²) in [4.78, 5) is 10.9. The minimum Gasteiger partial charge on any atom is -0.338 e. The molecule has 0 aliphatic carbocycles. The summed E-state index contributed by atoms with van der Waals surface area (Å²) in [5, 5.41) is 3.83. The van der Waals surface area contributed by atoms with Gasteiger partial charge in [0.25, 0.3) is 0 Å². The average molecular weight is 233 g/mol. The van der Waals surface area contributed by atoms with Gasteiger partial charge < -0.3 is 9.09 Å². The van der Waals surface area contributed by atoms with Crippen molar-refractivity contribution in [3.63, 3.8) is 0 Å². The molecule has 0 spiro atoms.